The Morgan fingerprint density at radius 2 is 1.96 bits per heavy atom. The van der Waals surface area contributed by atoms with Crippen LogP contribution < -0.4 is 0 Å². The molecule has 1 aliphatic rings. The first-order valence-electron chi connectivity index (χ1n) is 9.02. The van der Waals surface area contributed by atoms with Gasteiger partial charge in [-0.25, -0.2) is 14.5 Å². The normalized spacial score (nSPS) is 14.5. The largest absolute Gasteiger partial charge is 0.452 e. The molecule has 138 valence electrons. The van der Waals surface area contributed by atoms with Gasteiger partial charge in [0.15, 0.2) is 12.4 Å². The van der Waals surface area contributed by atoms with Crippen molar-refractivity contribution in [1.29, 1.82) is 0 Å². The highest BCUT2D eigenvalue weighted by Gasteiger charge is 2.24. The molecule has 0 bridgehead atoms. The van der Waals surface area contributed by atoms with Crippen molar-refractivity contribution in [3.05, 3.63) is 41.9 Å². The summed E-state index contributed by atoms with van der Waals surface area (Å²) in [6, 6.07) is 5.51. The van der Waals surface area contributed by atoms with Crippen LogP contribution in [0.3, 0.4) is 0 Å². The van der Waals surface area contributed by atoms with Gasteiger partial charge in [0.05, 0.1) is 11.9 Å². The lowest BCUT2D eigenvalue weighted by Crippen LogP contribution is -2.38. The molecule has 1 fully saturated rings. The molecule has 0 spiro atoms. The number of aromatic nitrogens is 3. The predicted molar refractivity (Wildman–Crippen MR) is 96.2 cm³/mol. The summed E-state index contributed by atoms with van der Waals surface area (Å²) >= 11 is 0. The minimum atomic E-state index is -0.527. The number of hydrogen-bond acceptors (Lipinski definition) is 5. The van der Waals surface area contributed by atoms with Gasteiger partial charge in [-0.05, 0) is 37.3 Å². The van der Waals surface area contributed by atoms with Crippen LogP contribution in [0.2, 0.25) is 0 Å². The summed E-state index contributed by atoms with van der Waals surface area (Å²) in [6.45, 7) is 5.21. The number of ether oxygens (including phenoxy) is 1. The Morgan fingerprint density at radius 3 is 2.62 bits per heavy atom. The van der Waals surface area contributed by atoms with Crippen LogP contribution in [0.25, 0.3) is 5.82 Å². The molecular weight excluding hydrogens is 332 g/mol. The molecule has 0 atom stereocenters. The number of pyridine rings is 1. The summed E-state index contributed by atoms with van der Waals surface area (Å²) < 4.78 is 6.93. The van der Waals surface area contributed by atoms with Crippen LogP contribution in [-0.2, 0) is 9.53 Å². The van der Waals surface area contributed by atoms with Crippen molar-refractivity contribution < 1.29 is 14.3 Å². The fraction of sp³-hybridized carbons (Fsp3) is 0.474. The summed E-state index contributed by atoms with van der Waals surface area (Å²) in [4.78, 5) is 30.8. The van der Waals surface area contributed by atoms with Crippen LogP contribution in [0.4, 0.5) is 0 Å². The van der Waals surface area contributed by atoms with E-state index >= 15 is 0 Å². The van der Waals surface area contributed by atoms with Crippen molar-refractivity contribution in [2.45, 2.75) is 39.0 Å². The van der Waals surface area contributed by atoms with Gasteiger partial charge in [0.25, 0.3) is 5.91 Å². The second-order valence-electron chi connectivity index (χ2n) is 6.72. The standard InChI is InChI=1S/C19H24N4O3/c1-14(2)18-15(12-21-23(18)16-8-4-5-9-20-16)19(25)26-13-17(24)22-10-6-3-7-11-22/h4-5,8-9,12,14H,3,6-7,10-11,13H2,1-2H3. The average Bonchev–Trinajstić information content (AvgIpc) is 3.13. The number of amides is 1. The zero-order valence-electron chi connectivity index (χ0n) is 15.2. The van der Waals surface area contributed by atoms with Crippen molar-refractivity contribution in [3.8, 4) is 5.82 Å². The van der Waals surface area contributed by atoms with Crippen molar-refractivity contribution in [2.24, 2.45) is 0 Å². The van der Waals surface area contributed by atoms with Gasteiger partial charge in [-0.2, -0.15) is 5.10 Å². The molecule has 2 aromatic rings. The lowest BCUT2D eigenvalue weighted by atomic mass is 10.1. The van der Waals surface area contributed by atoms with E-state index in [1.54, 1.807) is 15.8 Å². The van der Waals surface area contributed by atoms with Crippen molar-refractivity contribution in [3.63, 3.8) is 0 Å². The molecule has 26 heavy (non-hydrogen) atoms. The van der Waals surface area contributed by atoms with Crippen LogP contribution in [0, 0.1) is 0 Å². The van der Waals surface area contributed by atoms with Gasteiger partial charge >= 0.3 is 5.97 Å². The van der Waals surface area contributed by atoms with Crippen molar-refractivity contribution in [2.75, 3.05) is 19.7 Å². The first-order chi connectivity index (χ1) is 12.6. The van der Waals surface area contributed by atoms with Crippen LogP contribution in [-0.4, -0.2) is 51.2 Å². The Kier molecular flexibility index (Phi) is 5.65. The minimum Gasteiger partial charge on any atom is -0.452 e. The second-order valence-corrected chi connectivity index (χ2v) is 6.72. The van der Waals surface area contributed by atoms with Crippen LogP contribution in [0.5, 0.6) is 0 Å². The Morgan fingerprint density at radius 1 is 1.19 bits per heavy atom. The van der Waals surface area contributed by atoms with E-state index in [-0.39, 0.29) is 18.4 Å². The number of likely N-dealkylation sites (tertiary alicyclic amines) is 1. The van der Waals surface area contributed by atoms with E-state index in [9.17, 15) is 9.59 Å². The quantitative estimate of drug-likeness (QED) is 0.770. The number of piperidine rings is 1. The molecule has 7 heteroatoms. The Bertz CT molecular complexity index is 764. The molecule has 1 aliphatic heterocycles. The number of esters is 1. The Hall–Kier alpha value is -2.70. The first-order valence-corrected chi connectivity index (χ1v) is 9.02. The molecule has 0 N–H and O–H groups in total. The summed E-state index contributed by atoms with van der Waals surface area (Å²) in [6.07, 6.45) is 6.32. The molecule has 0 aliphatic carbocycles. The van der Waals surface area contributed by atoms with Gasteiger partial charge in [0.1, 0.15) is 5.56 Å². The van der Waals surface area contributed by atoms with Gasteiger partial charge in [0.2, 0.25) is 0 Å². The van der Waals surface area contributed by atoms with E-state index in [4.69, 9.17) is 4.74 Å². The molecule has 0 aromatic carbocycles. The topological polar surface area (TPSA) is 77.3 Å². The molecule has 3 rings (SSSR count). The van der Waals surface area contributed by atoms with Crippen LogP contribution >= 0.6 is 0 Å². The molecule has 1 amide bonds. The third kappa shape index (κ3) is 3.92. The highest BCUT2D eigenvalue weighted by atomic mass is 16.5. The van der Waals surface area contributed by atoms with Crippen LogP contribution in [0.15, 0.2) is 30.6 Å². The zero-order valence-corrected chi connectivity index (χ0v) is 15.2. The van der Waals surface area contributed by atoms with E-state index in [0.29, 0.717) is 11.4 Å². The van der Waals surface area contributed by atoms with Gasteiger partial charge < -0.3 is 9.64 Å². The molecule has 0 unspecified atom stereocenters. The third-order valence-corrected chi connectivity index (χ3v) is 4.48. The summed E-state index contributed by atoms with van der Waals surface area (Å²) in [5.41, 5.74) is 1.09. The zero-order chi connectivity index (χ0) is 18.5. The smallest absolute Gasteiger partial charge is 0.342 e. The third-order valence-electron chi connectivity index (χ3n) is 4.48. The molecule has 2 aromatic heterocycles. The van der Waals surface area contributed by atoms with Gasteiger partial charge in [-0.3, -0.25) is 4.79 Å². The number of carbonyl (C=O) groups is 2. The monoisotopic (exact) mass is 356 g/mol. The van der Waals surface area contributed by atoms with E-state index in [1.807, 2.05) is 32.0 Å². The summed E-state index contributed by atoms with van der Waals surface area (Å²) in [5, 5.41) is 4.30. The Balaban J connectivity index is 1.73. The number of hydrogen-bond donors (Lipinski definition) is 0. The lowest BCUT2D eigenvalue weighted by Gasteiger charge is -2.26. The SMILES string of the molecule is CC(C)c1c(C(=O)OCC(=O)N2CCCCC2)cnn1-c1ccccn1. The van der Waals surface area contributed by atoms with Gasteiger partial charge in [0, 0.05) is 19.3 Å². The van der Waals surface area contributed by atoms with Gasteiger partial charge in [-0.1, -0.05) is 19.9 Å². The highest BCUT2D eigenvalue weighted by molar-refractivity contribution is 5.92. The number of rotatable bonds is 5. The fourth-order valence-electron chi connectivity index (χ4n) is 3.17. The maximum atomic E-state index is 12.5. The van der Waals surface area contributed by atoms with Crippen molar-refractivity contribution >= 4 is 11.9 Å². The fourth-order valence-corrected chi connectivity index (χ4v) is 3.17. The van der Waals surface area contributed by atoms with Gasteiger partial charge in [-0.15, -0.1) is 0 Å². The summed E-state index contributed by atoms with van der Waals surface area (Å²) in [5.74, 6) is 0.0157. The average molecular weight is 356 g/mol. The molecule has 0 radical (unpaired) electrons. The molecule has 3 heterocycles. The van der Waals surface area contributed by atoms with Crippen LogP contribution in [0.1, 0.15) is 55.1 Å². The molecule has 0 saturated carbocycles. The van der Waals surface area contributed by atoms with E-state index in [0.717, 1.165) is 38.0 Å². The molecular formula is C19H24N4O3. The number of nitrogens with zero attached hydrogens (tertiary/aromatic N) is 4. The second kappa shape index (κ2) is 8.12. The maximum Gasteiger partial charge on any atom is 0.342 e. The van der Waals surface area contributed by atoms with E-state index in [1.165, 1.54) is 6.20 Å². The summed E-state index contributed by atoms with van der Waals surface area (Å²) in [7, 11) is 0. The predicted octanol–water partition coefficient (Wildman–Crippen LogP) is 2.56. The Labute approximate surface area is 153 Å². The number of carbonyl (C=O) groups excluding carboxylic acids is 2. The maximum absolute atomic E-state index is 12.5. The first kappa shape index (κ1) is 18.1. The molecule has 1 saturated heterocycles. The molecule has 7 nitrogen and oxygen atoms in total. The van der Waals surface area contributed by atoms with E-state index in [2.05, 4.69) is 10.1 Å². The highest BCUT2D eigenvalue weighted by Crippen LogP contribution is 2.23. The lowest BCUT2D eigenvalue weighted by molar-refractivity contribution is -0.135. The van der Waals surface area contributed by atoms with Crippen molar-refractivity contribution in [1.82, 2.24) is 19.7 Å². The minimum absolute atomic E-state index is 0.0415. The van der Waals surface area contributed by atoms with E-state index < -0.39 is 5.97 Å².